The van der Waals surface area contributed by atoms with E-state index in [9.17, 15) is 8.42 Å². The van der Waals surface area contributed by atoms with E-state index in [0.717, 1.165) is 0 Å². The molecular weight excluding hydrogens is 432 g/mol. The summed E-state index contributed by atoms with van der Waals surface area (Å²) in [5, 5.41) is 0. The predicted molar refractivity (Wildman–Crippen MR) is 68.0 cm³/mol. The lowest BCUT2D eigenvalue weighted by Crippen LogP contribution is -2.03. The van der Waals surface area contributed by atoms with Crippen LogP contribution >= 0.6 is 45.2 Å². The van der Waals surface area contributed by atoms with Gasteiger partial charge in [-0.3, -0.25) is 4.55 Å². The van der Waals surface area contributed by atoms with E-state index in [1.165, 1.54) is 12.1 Å². The maximum Gasteiger partial charge on any atom is 0.296 e. The van der Waals surface area contributed by atoms with Crippen molar-refractivity contribution in [2.45, 2.75) is 4.90 Å². The van der Waals surface area contributed by atoms with Gasteiger partial charge in [-0.15, -0.1) is 0 Å². The van der Waals surface area contributed by atoms with Crippen LogP contribution in [0.5, 0.6) is 0 Å². The summed E-state index contributed by atoms with van der Waals surface area (Å²) in [4.78, 5) is 3.05. The van der Waals surface area contributed by atoms with E-state index in [0.29, 0.717) is 12.8 Å². The van der Waals surface area contributed by atoms with Crippen molar-refractivity contribution < 1.29 is 13.0 Å². The summed E-state index contributed by atoms with van der Waals surface area (Å²) in [7, 11) is -4.21. The van der Waals surface area contributed by atoms with Gasteiger partial charge in [-0.25, -0.2) is 4.85 Å². The van der Waals surface area contributed by atoms with Gasteiger partial charge in [0, 0.05) is 7.14 Å². The van der Waals surface area contributed by atoms with Crippen molar-refractivity contribution in [3.63, 3.8) is 0 Å². The Bertz CT molecular complexity index is 495. The van der Waals surface area contributed by atoms with Gasteiger partial charge in [0.1, 0.15) is 4.90 Å². The SMILES string of the molecule is [C-]#[N+]c1cc(I)c(S(=O)(=O)O)c(I)c1. The molecule has 0 amide bonds. The fraction of sp³-hybridized carbons (Fsp3) is 0. The Kier molecular flexibility index (Phi) is 3.73. The first-order valence-electron chi connectivity index (χ1n) is 3.20. The van der Waals surface area contributed by atoms with Gasteiger partial charge in [0.2, 0.25) is 0 Å². The first kappa shape index (κ1) is 12.2. The Balaban J connectivity index is 3.59. The highest BCUT2D eigenvalue weighted by Gasteiger charge is 2.18. The van der Waals surface area contributed by atoms with E-state index in [1.807, 2.05) is 0 Å². The Hall–Kier alpha value is 0.0800. The van der Waals surface area contributed by atoms with Crippen molar-refractivity contribution in [3.8, 4) is 0 Å². The molecule has 0 heterocycles. The Labute approximate surface area is 109 Å². The molecule has 7 heteroatoms. The molecule has 0 aromatic heterocycles. The summed E-state index contributed by atoms with van der Waals surface area (Å²) in [5.74, 6) is 0. The Morgan fingerprint density at radius 2 is 1.71 bits per heavy atom. The van der Waals surface area contributed by atoms with Crippen LogP contribution in [0.4, 0.5) is 5.69 Å². The molecule has 74 valence electrons. The quantitative estimate of drug-likeness (QED) is 0.420. The number of hydrogen-bond donors (Lipinski definition) is 1. The molecule has 0 spiro atoms. The van der Waals surface area contributed by atoms with Crippen molar-refractivity contribution in [2.75, 3.05) is 0 Å². The molecule has 1 N–H and O–H groups in total. The van der Waals surface area contributed by atoms with Gasteiger partial charge in [0.15, 0.2) is 5.69 Å². The fourth-order valence-corrected chi connectivity index (χ4v) is 4.87. The molecular formula is C7H3I2NO3S. The van der Waals surface area contributed by atoms with Crippen LogP contribution in [0.3, 0.4) is 0 Å². The first-order chi connectivity index (χ1) is 6.36. The maximum atomic E-state index is 10.9. The van der Waals surface area contributed by atoms with Crippen LogP contribution < -0.4 is 0 Å². The van der Waals surface area contributed by atoms with E-state index in [4.69, 9.17) is 11.1 Å². The summed E-state index contributed by atoms with van der Waals surface area (Å²) in [5.41, 5.74) is 0.353. The van der Waals surface area contributed by atoms with Crippen LogP contribution in [0.1, 0.15) is 0 Å². The summed E-state index contributed by atoms with van der Waals surface area (Å²) >= 11 is 3.55. The zero-order chi connectivity index (χ0) is 10.9. The Morgan fingerprint density at radius 1 is 1.29 bits per heavy atom. The number of nitrogens with zero attached hydrogens (tertiary/aromatic N) is 1. The van der Waals surface area contributed by atoms with Crippen molar-refractivity contribution in [3.05, 3.63) is 30.7 Å². The van der Waals surface area contributed by atoms with Crippen molar-refractivity contribution in [2.24, 2.45) is 0 Å². The molecule has 1 rings (SSSR count). The third-order valence-electron chi connectivity index (χ3n) is 1.37. The summed E-state index contributed by atoms with van der Waals surface area (Å²) in [6.45, 7) is 6.77. The van der Waals surface area contributed by atoms with E-state index in [1.54, 1.807) is 45.2 Å². The molecule has 14 heavy (non-hydrogen) atoms. The molecule has 1 aromatic carbocycles. The second-order valence-corrected chi connectivity index (χ2v) is 6.01. The highest BCUT2D eigenvalue weighted by molar-refractivity contribution is 14.1. The summed E-state index contributed by atoms with van der Waals surface area (Å²) in [6.07, 6.45) is 0. The Morgan fingerprint density at radius 3 is 2.00 bits per heavy atom. The van der Waals surface area contributed by atoms with Crippen LogP contribution in [-0.4, -0.2) is 13.0 Å². The second-order valence-electron chi connectivity index (χ2n) is 2.33. The van der Waals surface area contributed by atoms with Crippen LogP contribution in [-0.2, 0) is 10.1 Å². The minimum atomic E-state index is -4.21. The lowest BCUT2D eigenvalue weighted by Gasteiger charge is -2.04. The lowest BCUT2D eigenvalue weighted by molar-refractivity contribution is 0.482. The second kappa shape index (κ2) is 4.30. The van der Waals surface area contributed by atoms with Gasteiger partial charge in [-0.05, 0) is 57.3 Å². The summed E-state index contributed by atoms with van der Waals surface area (Å²) in [6, 6.07) is 2.83. The molecule has 0 aliphatic rings. The van der Waals surface area contributed by atoms with Crippen LogP contribution in [0.15, 0.2) is 17.0 Å². The number of halogens is 2. The number of benzene rings is 1. The van der Waals surface area contributed by atoms with Gasteiger partial charge in [-0.1, -0.05) is 0 Å². The molecule has 0 saturated heterocycles. The molecule has 4 nitrogen and oxygen atoms in total. The molecule has 1 aromatic rings. The van der Waals surface area contributed by atoms with E-state index >= 15 is 0 Å². The standard InChI is InChI=1S/C7H3I2NO3S/c1-10-4-2-5(8)7(6(9)3-4)14(11,12)13/h2-3H,(H,11,12,13). The lowest BCUT2D eigenvalue weighted by atomic mass is 10.3. The third kappa shape index (κ3) is 2.56. The highest BCUT2D eigenvalue weighted by Crippen LogP contribution is 2.29. The molecule has 0 radical (unpaired) electrons. The number of hydrogen-bond acceptors (Lipinski definition) is 2. The average molecular weight is 435 g/mol. The fourth-order valence-electron chi connectivity index (χ4n) is 0.857. The minimum absolute atomic E-state index is 0.133. The first-order valence-corrected chi connectivity index (χ1v) is 6.80. The van der Waals surface area contributed by atoms with Gasteiger partial charge < -0.3 is 0 Å². The van der Waals surface area contributed by atoms with Crippen molar-refractivity contribution >= 4 is 61.0 Å². The molecule has 0 aliphatic heterocycles. The monoisotopic (exact) mass is 435 g/mol. The third-order valence-corrected chi connectivity index (χ3v) is 4.76. The highest BCUT2D eigenvalue weighted by atomic mass is 127. The smallest absolute Gasteiger partial charge is 0.282 e. The van der Waals surface area contributed by atoms with E-state index in [-0.39, 0.29) is 4.90 Å². The average Bonchev–Trinajstić information content (AvgIpc) is 1.99. The van der Waals surface area contributed by atoms with Crippen LogP contribution in [0.2, 0.25) is 0 Å². The molecule has 0 fully saturated rings. The normalized spacial score (nSPS) is 11.0. The maximum absolute atomic E-state index is 10.9. The van der Waals surface area contributed by atoms with Gasteiger partial charge >= 0.3 is 0 Å². The summed E-state index contributed by atoms with van der Waals surface area (Å²) < 4.78 is 31.5. The zero-order valence-corrected chi connectivity index (χ0v) is 11.7. The van der Waals surface area contributed by atoms with Crippen molar-refractivity contribution in [1.29, 1.82) is 0 Å². The van der Waals surface area contributed by atoms with Crippen LogP contribution in [0, 0.1) is 13.7 Å². The van der Waals surface area contributed by atoms with Gasteiger partial charge in [-0.2, -0.15) is 8.42 Å². The van der Waals surface area contributed by atoms with E-state index in [2.05, 4.69) is 4.85 Å². The van der Waals surface area contributed by atoms with Gasteiger partial charge in [0.05, 0.1) is 6.57 Å². The predicted octanol–water partition coefficient (Wildman–Crippen LogP) is 2.69. The molecule has 0 atom stereocenters. The van der Waals surface area contributed by atoms with Crippen molar-refractivity contribution in [1.82, 2.24) is 0 Å². The largest absolute Gasteiger partial charge is 0.296 e. The zero-order valence-electron chi connectivity index (χ0n) is 6.53. The van der Waals surface area contributed by atoms with Gasteiger partial charge in [0.25, 0.3) is 10.1 Å². The topological polar surface area (TPSA) is 58.7 Å². The number of rotatable bonds is 1. The molecule has 0 unspecified atom stereocenters. The minimum Gasteiger partial charge on any atom is -0.282 e. The van der Waals surface area contributed by atoms with E-state index < -0.39 is 10.1 Å². The molecule has 0 aliphatic carbocycles. The van der Waals surface area contributed by atoms with Crippen LogP contribution in [0.25, 0.3) is 4.85 Å². The molecule has 0 bridgehead atoms. The molecule has 0 saturated carbocycles.